The Kier molecular flexibility index (Phi) is 9.95. The molecule has 13 nitrogen and oxygen atoms in total. The van der Waals surface area contributed by atoms with Crippen LogP contribution in [0.3, 0.4) is 0 Å². The van der Waals surface area contributed by atoms with Gasteiger partial charge in [-0.15, -0.1) is 0 Å². The molecule has 0 amide bonds. The van der Waals surface area contributed by atoms with Gasteiger partial charge in [0.25, 0.3) is 5.79 Å². The van der Waals surface area contributed by atoms with E-state index in [1.165, 1.54) is 34.0 Å². The van der Waals surface area contributed by atoms with Crippen LogP contribution in [-0.2, 0) is 15.3 Å². The van der Waals surface area contributed by atoms with Gasteiger partial charge in [0.05, 0.1) is 30.0 Å². The normalized spacial score (nSPS) is 22.8. The molecule has 15 heteroatoms. The third kappa shape index (κ3) is 7.28. The van der Waals surface area contributed by atoms with Crippen molar-refractivity contribution in [3.63, 3.8) is 0 Å². The SMILES string of the molecule is CC[C@@H]([C@H](C)O)n1ncn(-c2ccc(N3CCN(c4ccc(OC[C@@H]5CO[C@@](C[NH+]6C=NC=N6)(c6ccc(F)cc6F)O5)cc4)CC3)cc2)c1=O. The first kappa shape index (κ1) is 34.5. The van der Waals surface area contributed by atoms with Crippen molar-refractivity contribution in [2.24, 2.45) is 10.1 Å². The van der Waals surface area contributed by atoms with Gasteiger partial charge in [0.2, 0.25) is 6.34 Å². The maximum atomic E-state index is 14.9. The zero-order valence-electron chi connectivity index (χ0n) is 28.4. The summed E-state index contributed by atoms with van der Waals surface area (Å²) in [5.74, 6) is -2.27. The number of piperazine rings is 1. The number of aromatic nitrogens is 3. The van der Waals surface area contributed by atoms with Gasteiger partial charge in [-0.2, -0.15) is 15.1 Å². The fraction of sp³-hybridized carbons (Fsp3) is 0.389. The van der Waals surface area contributed by atoms with Gasteiger partial charge in [-0.25, -0.2) is 22.8 Å². The van der Waals surface area contributed by atoms with Gasteiger partial charge in [-0.3, -0.25) is 0 Å². The molecule has 3 aliphatic heterocycles. The van der Waals surface area contributed by atoms with Crippen molar-refractivity contribution in [3.05, 3.63) is 101 Å². The van der Waals surface area contributed by atoms with Crippen LogP contribution in [0.1, 0.15) is 31.9 Å². The molecule has 1 aromatic heterocycles. The van der Waals surface area contributed by atoms with E-state index in [2.05, 4.69) is 25.0 Å². The summed E-state index contributed by atoms with van der Waals surface area (Å²) in [4.78, 5) is 21.6. The Bertz CT molecular complexity index is 1910. The summed E-state index contributed by atoms with van der Waals surface area (Å²) in [6.07, 6.45) is 3.88. The lowest BCUT2D eigenvalue weighted by Crippen LogP contribution is -3.07. The van der Waals surface area contributed by atoms with Crippen LogP contribution in [0.2, 0.25) is 0 Å². The summed E-state index contributed by atoms with van der Waals surface area (Å²) in [5, 5.41) is 19.0. The third-order valence-corrected chi connectivity index (χ3v) is 9.52. The van der Waals surface area contributed by atoms with E-state index in [-0.39, 0.29) is 37.1 Å². The monoisotopic (exact) mass is 703 g/mol. The maximum absolute atomic E-state index is 14.9. The summed E-state index contributed by atoms with van der Waals surface area (Å²) in [7, 11) is 0. The van der Waals surface area contributed by atoms with E-state index in [4.69, 9.17) is 14.2 Å². The van der Waals surface area contributed by atoms with Gasteiger partial charge in [0.15, 0.2) is 12.9 Å². The van der Waals surface area contributed by atoms with Crippen LogP contribution in [0, 0.1) is 11.6 Å². The van der Waals surface area contributed by atoms with E-state index in [0.717, 1.165) is 49.3 Å². The Balaban J connectivity index is 0.920. The fourth-order valence-electron chi connectivity index (χ4n) is 6.79. The molecule has 2 saturated heterocycles. The smallest absolute Gasteiger partial charge is 0.350 e. The first-order chi connectivity index (χ1) is 24.7. The molecule has 0 bridgehead atoms. The highest BCUT2D eigenvalue weighted by molar-refractivity contribution is 5.69. The number of benzene rings is 3. The molecule has 3 aliphatic rings. The molecule has 1 unspecified atom stereocenters. The Labute approximate surface area is 293 Å². The molecule has 0 spiro atoms. The largest absolute Gasteiger partial charge is 0.491 e. The Hall–Kier alpha value is -4.96. The fourth-order valence-corrected chi connectivity index (χ4v) is 6.79. The number of hydrogen-bond acceptors (Lipinski definition) is 10. The molecule has 4 aromatic rings. The lowest BCUT2D eigenvalue weighted by Gasteiger charge is -2.37. The summed E-state index contributed by atoms with van der Waals surface area (Å²) < 4.78 is 49.8. The van der Waals surface area contributed by atoms with E-state index in [0.29, 0.717) is 17.2 Å². The quantitative estimate of drug-likeness (QED) is 0.231. The van der Waals surface area contributed by atoms with Crippen LogP contribution >= 0.6 is 0 Å². The van der Waals surface area contributed by atoms with Crippen molar-refractivity contribution in [1.82, 2.24) is 14.3 Å². The molecular formula is C36H41F2N8O5+. The first-order valence-corrected chi connectivity index (χ1v) is 17.1. The zero-order chi connectivity index (χ0) is 35.5. The summed E-state index contributed by atoms with van der Waals surface area (Å²) in [6.45, 7) is 7.33. The number of quaternary nitrogens is 1. The van der Waals surface area contributed by atoms with Crippen molar-refractivity contribution in [1.29, 1.82) is 0 Å². The number of aliphatic imine (C=N–C) groups is 1. The number of hydrogen-bond donors (Lipinski definition) is 2. The van der Waals surface area contributed by atoms with Gasteiger partial charge < -0.3 is 29.1 Å². The van der Waals surface area contributed by atoms with E-state index >= 15 is 0 Å². The molecule has 3 aromatic carbocycles. The minimum atomic E-state index is -1.48. The predicted octanol–water partition coefficient (Wildman–Crippen LogP) is 2.49. The van der Waals surface area contributed by atoms with Crippen LogP contribution in [0.15, 0.2) is 87.9 Å². The standard InChI is InChI=1S/C36H40F2N8O5/c1-3-34(25(2)47)46-35(48)45(24-41-46)29-7-5-27(6-8-29)42-14-16-43(17-15-42)28-9-11-30(12-10-28)49-19-31-20-50-36(51-31,21-44-23-39-22-40-44)32-13-4-26(37)18-33(32)38/h4-13,18,22-25,31,34,47H,3,14-17,19-21H2,1-2H3/p+1/t25-,31+,34-,36+/m0/s1. The zero-order valence-corrected chi connectivity index (χ0v) is 28.4. The second-order valence-corrected chi connectivity index (χ2v) is 12.9. The van der Waals surface area contributed by atoms with Gasteiger partial charge in [0, 0.05) is 43.6 Å². The highest BCUT2D eigenvalue weighted by Crippen LogP contribution is 2.36. The van der Waals surface area contributed by atoms with Crippen molar-refractivity contribution >= 4 is 24.1 Å². The molecule has 0 radical (unpaired) electrons. The highest BCUT2D eigenvalue weighted by atomic mass is 19.1. The lowest BCUT2D eigenvalue weighted by molar-refractivity contribution is -0.817. The van der Waals surface area contributed by atoms with E-state index in [9.17, 15) is 18.7 Å². The van der Waals surface area contributed by atoms with Crippen LogP contribution in [0.4, 0.5) is 20.2 Å². The van der Waals surface area contributed by atoms with Gasteiger partial charge in [-0.1, -0.05) is 12.0 Å². The number of ether oxygens (including phenoxy) is 3. The van der Waals surface area contributed by atoms with E-state index in [1.54, 1.807) is 13.3 Å². The Morgan fingerprint density at radius 2 is 1.67 bits per heavy atom. The molecule has 51 heavy (non-hydrogen) atoms. The van der Waals surface area contributed by atoms with E-state index < -0.39 is 29.6 Å². The van der Waals surface area contributed by atoms with Crippen LogP contribution < -0.4 is 25.2 Å². The molecule has 5 atom stereocenters. The van der Waals surface area contributed by atoms with Crippen molar-refractivity contribution in [2.75, 3.05) is 55.7 Å². The van der Waals surface area contributed by atoms with Crippen molar-refractivity contribution in [3.8, 4) is 11.4 Å². The predicted molar refractivity (Wildman–Crippen MR) is 187 cm³/mol. The molecule has 2 fully saturated rings. The number of aliphatic hydroxyl groups is 1. The van der Waals surface area contributed by atoms with Gasteiger partial charge >= 0.3 is 5.69 Å². The topological polar surface area (TPSA) is 123 Å². The van der Waals surface area contributed by atoms with Gasteiger partial charge in [-0.05, 0) is 74.0 Å². The van der Waals surface area contributed by atoms with Crippen LogP contribution in [0.25, 0.3) is 5.69 Å². The summed E-state index contributed by atoms with van der Waals surface area (Å²) >= 11 is 0. The van der Waals surface area contributed by atoms with Gasteiger partial charge in [0.1, 0.15) is 36.4 Å². The average molecular weight is 704 g/mol. The second-order valence-electron chi connectivity index (χ2n) is 12.9. The molecule has 0 saturated carbocycles. The number of rotatable bonds is 12. The Morgan fingerprint density at radius 1 is 1.00 bits per heavy atom. The minimum Gasteiger partial charge on any atom is -0.491 e. The average Bonchev–Trinajstić information content (AvgIpc) is 3.90. The lowest BCUT2D eigenvalue weighted by atomic mass is 10.0. The Morgan fingerprint density at radius 3 is 2.27 bits per heavy atom. The van der Waals surface area contributed by atoms with Crippen LogP contribution in [-0.4, -0.2) is 90.3 Å². The minimum absolute atomic E-state index is 0.0931. The molecule has 2 N–H and O–H groups in total. The number of aliphatic hydroxyl groups excluding tert-OH is 1. The molecule has 268 valence electrons. The molecule has 4 heterocycles. The second kappa shape index (κ2) is 14.7. The highest BCUT2D eigenvalue weighted by Gasteiger charge is 2.49. The third-order valence-electron chi connectivity index (χ3n) is 9.52. The summed E-state index contributed by atoms with van der Waals surface area (Å²) in [6, 6.07) is 18.7. The number of halogens is 2. The van der Waals surface area contributed by atoms with Crippen molar-refractivity contribution < 1.29 is 33.1 Å². The van der Waals surface area contributed by atoms with E-state index in [1.807, 2.05) is 55.5 Å². The number of anilines is 2. The molecule has 7 rings (SSSR count). The van der Waals surface area contributed by atoms with Crippen LogP contribution in [0.5, 0.6) is 5.75 Å². The van der Waals surface area contributed by atoms with Crippen molar-refractivity contribution in [2.45, 2.75) is 44.3 Å². The summed E-state index contributed by atoms with van der Waals surface area (Å²) in [5.41, 5.74) is 2.69. The molecule has 0 aliphatic carbocycles. The first-order valence-electron chi connectivity index (χ1n) is 17.1. The maximum Gasteiger partial charge on any atom is 0.350 e. The number of nitrogens with zero attached hydrogens (tertiary/aromatic N) is 7. The number of nitrogens with one attached hydrogen (secondary N) is 1. The molecular weight excluding hydrogens is 662 g/mol.